The molecule has 156 valence electrons. The highest BCUT2D eigenvalue weighted by Crippen LogP contribution is 2.40. The number of rotatable bonds is 6. The number of para-hydroxylation sites is 1. The minimum atomic E-state index is -4.17. The van der Waals surface area contributed by atoms with Crippen LogP contribution >= 0.6 is 0 Å². The number of allylic oxidation sites excluding steroid dienone is 2. The highest BCUT2D eigenvalue weighted by molar-refractivity contribution is 7.79. The van der Waals surface area contributed by atoms with Gasteiger partial charge in [0.05, 0.1) is 22.8 Å². The number of alkyl halides is 3. The van der Waals surface area contributed by atoms with Crippen molar-refractivity contribution in [3.63, 3.8) is 0 Å². The van der Waals surface area contributed by atoms with Gasteiger partial charge in [-0.05, 0) is 37.3 Å². The van der Waals surface area contributed by atoms with E-state index in [0.29, 0.717) is 23.9 Å². The van der Waals surface area contributed by atoms with Crippen molar-refractivity contribution in [1.82, 2.24) is 10.3 Å². The fraction of sp³-hybridized carbons (Fsp3) is 0.400. The lowest BCUT2D eigenvalue weighted by atomic mass is 9.85. The van der Waals surface area contributed by atoms with Crippen LogP contribution in [0.25, 0.3) is 16.5 Å². The fourth-order valence-electron chi connectivity index (χ4n) is 3.42. The predicted molar refractivity (Wildman–Crippen MR) is 106 cm³/mol. The zero-order valence-corrected chi connectivity index (χ0v) is 16.4. The van der Waals surface area contributed by atoms with Crippen LogP contribution in [0.4, 0.5) is 13.2 Å². The molecular formula is C20H21F3N2O3S. The number of pyridine rings is 1. The van der Waals surface area contributed by atoms with Crippen molar-refractivity contribution in [1.29, 1.82) is 0 Å². The number of carbonyl (C=O) groups excluding carboxylic acids is 1. The third kappa shape index (κ3) is 5.42. The van der Waals surface area contributed by atoms with Crippen LogP contribution in [-0.4, -0.2) is 38.1 Å². The number of halogens is 3. The molecule has 29 heavy (non-hydrogen) atoms. The van der Waals surface area contributed by atoms with Gasteiger partial charge in [-0.15, -0.1) is 0 Å². The Morgan fingerprint density at radius 2 is 2.14 bits per heavy atom. The summed E-state index contributed by atoms with van der Waals surface area (Å²) in [5.41, 5.74) is 2.64. The van der Waals surface area contributed by atoms with Gasteiger partial charge in [0, 0.05) is 23.7 Å². The van der Waals surface area contributed by atoms with Gasteiger partial charge in [0.25, 0.3) is 5.91 Å². The summed E-state index contributed by atoms with van der Waals surface area (Å²) in [6, 6.07) is 7.13. The molecule has 0 aliphatic heterocycles. The zero-order chi connectivity index (χ0) is 21.0. The Balaban J connectivity index is 1.76. The van der Waals surface area contributed by atoms with Crippen molar-refractivity contribution < 1.29 is 26.7 Å². The Morgan fingerprint density at radius 1 is 1.34 bits per heavy atom. The first-order valence-corrected chi connectivity index (χ1v) is 10.5. The largest absolute Gasteiger partial charge is 0.392 e. The molecule has 1 heterocycles. The molecule has 2 N–H and O–H groups in total. The van der Waals surface area contributed by atoms with E-state index in [4.69, 9.17) is 4.55 Å². The van der Waals surface area contributed by atoms with Gasteiger partial charge in [0.1, 0.15) is 0 Å². The summed E-state index contributed by atoms with van der Waals surface area (Å²) in [6.07, 6.45) is -0.351. The van der Waals surface area contributed by atoms with Gasteiger partial charge in [-0.3, -0.25) is 9.78 Å². The highest BCUT2D eigenvalue weighted by Gasteiger charge is 2.39. The summed E-state index contributed by atoms with van der Waals surface area (Å²) in [6.45, 7) is 0.274. The van der Waals surface area contributed by atoms with Crippen LogP contribution in [0, 0.1) is 5.92 Å². The van der Waals surface area contributed by atoms with E-state index in [9.17, 15) is 22.2 Å². The maximum absolute atomic E-state index is 12.9. The average Bonchev–Trinajstić information content (AvgIpc) is 2.69. The summed E-state index contributed by atoms with van der Waals surface area (Å²) >= 11 is -1.89. The first-order valence-electron chi connectivity index (χ1n) is 9.26. The van der Waals surface area contributed by atoms with Crippen molar-refractivity contribution in [2.75, 3.05) is 12.3 Å². The van der Waals surface area contributed by atoms with Crippen LogP contribution in [0.2, 0.25) is 0 Å². The number of amides is 1. The first kappa shape index (κ1) is 21.4. The van der Waals surface area contributed by atoms with Gasteiger partial charge in [-0.1, -0.05) is 24.3 Å². The second-order valence-corrected chi connectivity index (χ2v) is 8.03. The van der Waals surface area contributed by atoms with Crippen LogP contribution in [-0.2, 0) is 11.1 Å². The van der Waals surface area contributed by atoms with E-state index in [2.05, 4.69) is 10.3 Å². The number of benzene rings is 1. The predicted octanol–water partition coefficient (Wildman–Crippen LogP) is 4.32. The maximum atomic E-state index is 12.9. The van der Waals surface area contributed by atoms with Crippen LogP contribution < -0.4 is 5.32 Å². The molecule has 0 spiro atoms. The van der Waals surface area contributed by atoms with E-state index >= 15 is 0 Å². The molecular weight excluding hydrogens is 405 g/mol. The second-order valence-electron chi connectivity index (χ2n) is 6.98. The molecule has 0 bridgehead atoms. The Labute approximate surface area is 168 Å². The Morgan fingerprint density at radius 3 is 2.79 bits per heavy atom. The molecule has 5 nitrogen and oxygen atoms in total. The van der Waals surface area contributed by atoms with Crippen LogP contribution in [0.5, 0.6) is 0 Å². The lowest BCUT2D eigenvalue weighted by Gasteiger charge is -2.24. The number of carbonyl (C=O) groups is 1. The lowest BCUT2D eigenvalue weighted by Crippen LogP contribution is -2.25. The van der Waals surface area contributed by atoms with Crippen molar-refractivity contribution in [3.05, 3.63) is 47.7 Å². The average molecular weight is 426 g/mol. The molecule has 0 saturated heterocycles. The van der Waals surface area contributed by atoms with Gasteiger partial charge < -0.3 is 9.87 Å². The minimum absolute atomic E-state index is 0.0334. The number of nitrogens with one attached hydrogen (secondary N) is 1. The van der Waals surface area contributed by atoms with Crippen molar-refractivity contribution in [3.8, 4) is 0 Å². The first-order chi connectivity index (χ1) is 13.8. The van der Waals surface area contributed by atoms with E-state index in [1.807, 2.05) is 6.07 Å². The van der Waals surface area contributed by atoms with Gasteiger partial charge in [0.2, 0.25) is 0 Å². The minimum Gasteiger partial charge on any atom is -0.352 e. The normalized spacial score (nSPS) is 18.3. The van der Waals surface area contributed by atoms with Gasteiger partial charge in [-0.2, -0.15) is 13.2 Å². The van der Waals surface area contributed by atoms with Gasteiger partial charge in [0.15, 0.2) is 11.1 Å². The van der Waals surface area contributed by atoms with Crippen LogP contribution in [0.3, 0.4) is 0 Å². The number of fused-ring (bicyclic) bond motifs is 1. The van der Waals surface area contributed by atoms with Crippen molar-refractivity contribution >= 4 is 33.5 Å². The molecule has 1 aromatic carbocycles. The Bertz CT molecular complexity index is 960. The van der Waals surface area contributed by atoms with Gasteiger partial charge >= 0.3 is 6.18 Å². The molecule has 1 aliphatic rings. The summed E-state index contributed by atoms with van der Waals surface area (Å²) in [7, 11) is 0. The molecule has 0 radical (unpaired) electrons. The monoisotopic (exact) mass is 426 g/mol. The number of aromatic nitrogens is 1. The third-order valence-electron chi connectivity index (χ3n) is 4.97. The zero-order valence-electron chi connectivity index (χ0n) is 15.5. The number of hydrogen-bond acceptors (Lipinski definition) is 3. The summed E-state index contributed by atoms with van der Waals surface area (Å²) in [4.78, 5) is 16.6. The Kier molecular flexibility index (Phi) is 6.69. The van der Waals surface area contributed by atoms with Crippen molar-refractivity contribution in [2.45, 2.75) is 31.9 Å². The van der Waals surface area contributed by atoms with E-state index in [1.54, 1.807) is 24.3 Å². The topological polar surface area (TPSA) is 79.3 Å². The molecule has 3 rings (SSSR count). The van der Waals surface area contributed by atoms with E-state index < -0.39 is 23.2 Å². The SMILES string of the molecule is O=C(NCCCS(=O)O)c1cnc2c(C3=CC[C@@H](C(F)(F)F)CC3)cccc2c1. The molecule has 1 aliphatic carbocycles. The summed E-state index contributed by atoms with van der Waals surface area (Å²) < 4.78 is 58.0. The molecule has 2 atom stereocenters. The van der Waals surface area contributed by atoms with E-state index in [1.165, 1.54) is 6.20 Å². The molecule has 2 aromatic rings. The molecule has 0 saturated carbocycles. The molecule has 1 amide bonds. The third-order valence-corrected chi connectivity index (χ3v) is 5.61. The summed E-state index contributed by atoms with van der Waals surface area (Å²) in [5.74, 6) is -1.55. The van der Waals surface area contributed by atoms with Crippen molar-refractivity contribution in [2.24, 2.45) is 5.92 Å². The maximum Gasteiger partial charge on any atom is 0.392 e. The smallest absolute Gasteiger partial charge is 0.352 e. The van der Waals surface area contributed by atoms with E-state index in [0.717, 1.165) is 16.5 Å². The molecule has 1 aromatic heterocycles. The molecule has 0 fully saturated rings. The number of hydrogen-bond donors (Lipinski definition) is 2. The van der Waals surface area contributed by atoms with Gasteiger partial charge in [-0.25, -0.2) is 4.21 Å². The number of nitrogens with zero attached hydrogens (tertiary/aromatic N) is 1. The van der Waals surface area contributed by atoms with Crippen LogP contribution in [0.1, 0.15) is 41.6 Å². The quantitative estimate of drug-likeness (QED) is 0.533. The van der Waals surface area contributed by atoms with E-state index in [-0.39, 0.29) is 31.0 Å². The fourth-order valence-corrected chi connectivity index (χ4v) is 3.81. The Hall–Kier alpha value is -2.26. The molecule has 1 unspecified atom stereocenters. The second kappa shape index (κ2) is 9.04. The molecule has 9 heteroatoms. The van der Waals surface area contributed by atoms with Crippen LogP contribution in [0.15, 0.2) is 36.5 Å². The summed E-state index contributed by atoms with van der Waals surface area (Å²) in [5, 5.41) is 3.40. The highest BCUT2D eigenvalue weighted by atomic mass is 32.2. The lowest BCUT2D eigenvalue weighted by molar-refractivity contribution is -0.175. The standard InChI is InChI=1S/C20H21F3N2O3S/c21-20(22,23)16-7-5-13(6-8-16)17-4-1-3-14-11-15(12-25-18(14)17)19(26)24-9-2-10-29(27)28/h1,3-5,11-12,16H,2,6-10H2,(H,24,26)(H,27,28)/t16-/m1/s1.